The first kappa shape index (κ1) is 11.7. The number of ether oxygens (including phenoxy) is 1. The molecule has 1 aliphatic heterocycles. The first-order chi connectivity index (χ1) is 9.33. The molecule has 1 amide bonds. The van der Waals surface area contributed by atoms with Crippen molar-refractivity contribution in [1.82, 2.24) is 0 Å². The fraction of sp³-hybridized carbons (Fsp3) is 0.125. The van der Waals surface area contributed by atoms with Crippen LogP contribution in [0.15, 0.2) is 71.5 Å². The number of dihydropyridines is 1. The number of benzene rings is 1. The monoisotopic (exact) mass is 251 g/mol. The third-order valence-electron chi connectivity index (χ3n) is 3.05. The maximum atomic E-state index is 11.4. The van der Waals surface area contributed by atoms with Gasteiger partial charge in [0.05, 0.1) is 5.71 Å². The second-order valence-corrected chi connectivity index (χ2v) is 4.41. The molecule has 0 aromatic heterocycles. The van der Waals surface area contributed by atoms with Crippen LogP contribution in [-0.2, 0) is 16.1 Å². The Morgan fingerprint density at radius 2 is 2.00 bits per heavy atom. The zero-order chi connectivity index (χ0) is 13.1. The number of fused-ring (bicyclic) bond motifs is 1. The predicted octanol–water partition coefficient (Wildman–Crippen LogP) is 2.81. The topological polar surface area (TPSA) is 38.7 Å². The van der Waals surface area contributed by atoms with Crippen LogP contribution in [0.25, 0.3) is 0 Å². The second kappa shape index (κ2) is 5.06. The average molecular weight is 251 g/mol. The third-order valence-corrected chi connectivity index (χ3v) is 3.05. The van der Waals surface area contributed by atoms with Crippen molar-refractivity contribution in [1.29, 1.82) is 0 Å². The van der Waals surface area contributed by atoms with E-state index >= 15 is 0 Å². The van der Waals surface area contributed by atoms with Crippen molar-refractivity contribution in [2.24, 2.45) is 10.9 Å². The van der Waals surface area contributed by atoms with E-state index in [4.69, 9.17) is 4.74 Å². The zero-order valence-electron chi connectivity index (χ0n) is 10.3. The number of aliphatic imine (C=N–C) groups is 1. The normalized spacial score (nSPS) is 20.6. The van der Waals surface area contributed by atoms with Crippen molar-refractivity contribution in [3.63, 3.8) is 0 Å². The van der Waals surface area contributed by atoms with E-state index in [1.807, 2.05) is 54.6 Å². The first-order valence-electron chi connectivity index (χ1n) is 6.19. The molecule has 0 saturated carbocycles. The van der Waals surface area contributed by atoms with Crippen LogP contribution in [0.2, 0.25) is 0 Å². The molecule has 0 bridgehead atoms. The van der Waals surface area contributed by atoms with Crippen molar-refractivity contribution >= 4 is 11.6 Å². The maximum Gasteiger partial charge on any atom is 0.269 e. The Labute approximate surface area is 111 Å². The summed E-state index contributed by atoms with van der Waals surface area (Å²) >= 11 is 0. The lowest BCUT2D eigenvalue weighted by atomic mass is 9.94. The number of allylic oxidation sites excluding steroid dienone is 5. The minimum absolute atomic E-state index is 0.0495. The van der Waals surface area contributed by atoms with Gasteiger partial charge in [0, 0.05) is 12.0 Å². The third kappa shape index (κ3) is 2.55. The molecule has 94 valence electrons. The average Bonchev–Trinajstić information content (AvgIpc) is 2.46. The number of nitrogens with zero attached hydrogens (tertiary/aromatic N) is 1. The van der Waals surface area contributed by atoms with Crippen LogP contribution in [-0.4, -0.2) is 11.6 Å². The molecule has 0 N–H and O–H groups in total. The number of hydrogen-bond acceptors (Lipinski definition) is 2. The van der Waals surface area contributed by atoms with Gasteiger partial charge in [0.1, 0.15) is 12.4 Å². The standard InChI is InChI=1S/C16H13NO2/c18-15-10-9-13-7-4-8-14(16(13)17-15)19-11-12-5-2-1-3-6-12/h1-10,13H,11H2. The Bertz CT molecular complexity index is 609. The van der Waals surface area contributed by atoms with Crippen molar-refractivity contribution in [3.05, 3.63) is 72.0 Å². The highest BCUT2D eigenvalue weighted by Crippen LogP contribution is 2.22. The molecule has 3 nitrogen and oxygen atoms in total. The van der Waals surface area contributed by atoms with Gasteiger partial charge in [-0.15, -0.1) is 0 Å². The largest absolute Gasteiger partial charge is 0.487 e. The lowest BCUT2D eigenvalue weighted by Gasteiger charge is -2.21. The van der Waals surface area contributed by atoms with Gasteiger partial charge >= 0.3 is 0 Å². The van der Waals surface area contributed by atoms with Crippen molar-refractivity contribution in [2.45, 2.75) is 6.61 Å². The number of rotatable bonds is 3. The SMILES string of the molecule is O=C1C=CC2C=CC=C(OCc3ccccc3)C2=N1. The highest BCUT2D eigenvalue weighted by molar-refractivity contribution is 6.13. The van der Waals surface area contributed by atoms with Gasteiger partial charge in [-0.2, -0.15) is 0 Å². The van der Waals surface area contributed by atoms with Crippen LogP contribution in [0.1, 0.15) is 5.56 Å². The number of carbonyl (C=O) groups is 1. The van der Waals surface area contributed by atoms with Crippen LogP contribution in [0.3, 0.4) is 0 Å². The molecule has 3 heteroatoms. The highest BCUT2D eigenvalue weighted by Gasteiger charge is 2.23. The van der Waals surface area contributed by atoms with Crippen LogP contribution < -0.4 is 0 Å². The van der Waals surface area contributed by atoms with Crippen molar-refractivity contribution in [3.8, 4) is 0 Å². The minimum Gasteiger partial charge on any atom is -0.487 e. The molecule has 0 radical (unpaired) electrons. The summed E-state index contributed by atoms with van der Waals surface area (Å²) in [7, 11) is 0. The molecule has 2 aliphatic rings. The quantitative estimate of drug-likeness (QED) is 0.828. The van der Waals surface area contributed by atoms with Crippen molar-refractivity contribution in [2.75, 3.05) is 0 Å². The molecule has 0 fully saturated rings. The van der Waals surface area contributed by atoms with Gasteiger partial charge in [-0.25, -0.2) is 4.99 Å². The summed E-state index contributed by atoms with van der Waals surface area (Å²) in [6, 6.07) is 9.92. The molecule has 1 atom stereocenters. The van der Waals surface area contributed by atoms with Gasteiger partial charge in [0.25, 0.3) is 5.91 Å². The van der Waals surface area contributed by atoms with Gasteiger partial charge < -0.3 is 4.74 Å². The van der Waals surface area contributed by atoms with Gasteiger partial charge in [0.15, 0.2) is 0 Å². The molecular weight excluding hydrogens is 238 g/mol. The van der Waals surface area contributed by atoms with Crippen LogP contribution in [0.4, 0.5) is 0 Å². The summed E-state index contributed by atoms with van der Waals surface area (Å²) in [5, 5.41) is 0. The van der Waals surface area contributed by atoms with Crippen molar-refractivity contribution < 1.29 is 9.53 Å². The zero-order valence-corrected chi connectivity index (χ0v) is 10.3. The summed E-state index contributed by atoms with van der Waals surface area (Å²) in [4.78, 5) is 15.4. The van der Waals surface area contributed by atoms with Gasteiger partial charge in [-0.05, 0) is 11.6 Å². The van der Waals surface area contributed by atoms with E-state index in [0.717, 1.165) is 5.56 Å². The molecule has 0 spiro atoms. The molecule has 1 unspecified atom stereocenters. The van der Waals surface area contributed by atoms with Gasteiger partial charge in [-0.3, -0.25) is 4.79 Å². The molecule has 1 aromatic carbocycles. The summed E-state index contributed by atoms with van der Waals surface area (Å²) < 4.78 is 5.78. The maximum absolute atomic E-state index is 11.4. The van der Waals surface area contributed by atoms with Gasteiger partial charge in [0.2, 0.25) is 0 Å². The Morgan fingerprint density at radius 3 is 2.84 bits per heavy atom. The van der Waals surface area contributed by atoms with Crippen LogP contribution in [0, 0.1) is 5.92 Å². The van der Waals surface area contributed by atoms with E-state index in [0.29, 0.717) is 18.1 Å². The van der Waals surface area contributed by atoms with E-state index in [2.05, 4.69) is 4.99 Å². The van der Waals surface area contributed by atoms with E-state index in [9.17, 15) is 4.79 Å². The summed E-state index contributed by atoms with van der Waals surface area (Å²) in [6.45, 7) is 0.476. The fourth-order valence-corrected chi connectivity index (χ4v) is 2.09. The molecule has 1 aromatic rings. The van der Waals surface area contributed by atoms with E-state index < -0.39 is 0 Å². The Hall–Kier alpha value is -2.42. The van der Waals surface area contributed by atoms with E-state index in [1.54, 1.807) is 0 Å². The summed E-state index contributed by atoms with van der Waals surface area (Å²) in [5.74, 6) is 0.498. The van der Waals surface area contributed by atoms with Crippen LogP contribution >= 0.6 is 0 Å². The second-order valence-electron chi connectivity index (χ2n) is 4.41. The molecule has 1 aliphatic carbocycles. The summed E-state index contributed by atoms with van der Waals surface area (Å²) in [5.41, 5.74) is 1.79. The van der Waals surface area contributed by atoms with Crippen LogP contribution in [0.5, 0.6) is 0 Å². The van der Waals surface area contributed by atoms with Gasteiger partial charge in [-0.1, -0.05) is 48.6 Å². The van der Waals surface area contributed by atoms with E-state index in [-0.39, 0.29) is 11.8 Å². The molecule has 19 heavy (non-hydrogen) atoms. The molecule has 1 heterocycles. The fourth-order valence-electron chi connectivity index (χ4n) is 2.09. The Balaban J connectivity index is 1.75. The molecule has 0 saturated heterocycles. The first-order valence-corrected chi connectivity index (χ1v) is 6.19. The van der Waals surface area contributed by atoms with E-state index in [1.165, 1.54) is 6.08 Å². The number of amides is 1. The number of carbonyl (C=O) groups excluding carboxylic acids is 1. The lowest BCUT2D eigenvalue weighted by Crippen LogP contribution is -2.22. The predicted molar refractivity (Wildman–Crippen MR) is 73.5 cm³/mol. The number of hydrogen-bond donors (Lipinski definition) is 0. The minimum atomic E-state index is -0.226. The lowest BCUT2D eigenvalue weighted by molar-refractivity contribution is -0.113. The Morgan fingerprint density at radius 1 is 1.16 bits per heavy atom. The Kier molecular flexibility index (Phi) is 3.11. The summed E-state index contributed by atoms with van der Waals surface area (Å²) in [6.07, 6.45) is 9.13. The highest BCUT2D eigenvalue weighted by atomic mass is 16.5. The molecular formula is C16H13NO2. The molecule has 3 rings (SSSR count). The smallest absolute Gasteiger partial charge is 0.269 e.